The maximum absolute atomic E-state index is 12.6. The Hall–Kier alpha value is -1.43. The summed E-state index contributed by atoms with van der Waals surface area (Å²) in [6.07, 6.45) is 0. The van der Waals surface area contributed by atoms with E-state index in [-0.39, 0.29) is 17.3 Å². The molecule has 1 aromatic carbocycles. The number of halogens is 1. The van der Waals surface area contributed by atoms with Gasteiger partial charge in [-0.2, -0.15) is 4.31 Å². The van der Waals surface area contributed by atoms with Crippen LogP contribution in [0.4, 0.5) is 0 Å². The van der Waals surface area contributed by atoms with Crippen LogP contribution < -0.4 is 0 Å². The molecule has 6 heteroatoms. The SMILES string of the molecule is Cc1cccc(CN(C)S(=O)(=O)c2ccccc2CCl)n1. The maximum Gasteiger partial charge on any atom is 0.243 e. The van der Waals surface area contributed by atoms with Gasteiger partial charge in [0.25, 0.3) is 0 Å². The summed E-state index contributed by atoms with van der Waals surface area (Å²) in [5, 5.41) is 0. The van der Waals surface area contributed by atoms with Crippen molar-refractivity contribution in [3.63, 3.8) is 0 Å². The molecule has 0 saturated carbocycles. The van der Waals surface area contributed by atoms with Gasteiger partial charge >= 0.3 is 0 Å². The molecule has 0 fully saturated rings. The summed E-state index contributed by atoms with van der Waals surface area (Å²) in [7, 11) is -2.04. The fraction of sp³-hybridized carbons (Fsp3) is 0.267. The van der Waals surface area contributed by atoms with Crippen LogP contribution in [-0.4, -0.2) is 24.8 Å². The third-order valence-corrected chi connectivity index (χ3v) is 5.33. The molecule has 2 aromatic rings. The van der Waals surface area contributed by atoms with Crippen LogP contribution in [0.25, 0.3) is 0 Å². The molecule has 0 unspecified atom stereocenters. The van der Waals surface area contributed by atoms with Crippen molar-refractivity contribution >= 4 is 21.6 Å². The summed E-state index contributed by atoms with van der Waals surface area (Å²) in [6.45, 7) is 2.10. The lowest BCUT2D eigenvalue weighted by Gasteiger charge is -2.18. The van der Waals surface area contributed by atoms with E-state index in [0.29, 0.717) is 11.3 Å². The summed E-state index contributed by atoms with van der Waals surface area (Å²) >= 11 is 5.83. The lowest BCUT2D eigenvalue weighted by atomic mass is 10.2. The third kappa shape index (κ3) is 3.61. The Morgan fingerprint density at radius 3 is 2.52 bits per heavy atom. The van der Waals surface area contributed by atoms with Crippen LogP contribution in [0.15, 0.2) is 47.4 Å². The monoisotopic (exact) mass is 324 g/mol. The normalized spacial score (nSPS) is 11.8. The summed E-state index contributed by atoms with van der Waals surface area (Å²) in [5.74, 6) is 0.159. The van der Waals surface area contributed by atoms with E-state index in [1.54, 1.807) is 31.3 Å². The molecule has 0 spiro atoms. The Balaban J connectivity index is 2.31. The highest BCUT2D eigenvalue weighted by Gasteiger charge is 2.23. The zero-order valence-corrected chi connectivity index (χ0v) is 13.5. The minimum Gasteiger partial charge on any atom is -0.257 e. The first-order valence-electron chi connectivity index (χ1n) is 6.48. The molecular formula is C15H17ClN2O2S. The molecule has 21 heavy (non-hydrogen) atoms. The Kier molecular flexibility index (Phi) is 4.98. The molecule has 0 N–H and O–H groups in total. The van der Waals surface area contributed by atoms with Crippen LogP contribution in [0.3, 0.4) is 0 Å². The smallest absolute Gasteiger partial charge is 0.243 e. The standard InChI is InChI=1S/C15H17ClN2O2S/c1-12-6-5-8-14(17-12)11-18(2)21(19,20)15-9-4-3-7-13(15)10-16/h3-9H,10-11H2,1-2H3. The van der Waals surface area contributed by atoms with Gasteiger partial charge < -0.3 is 0 Å². The lowest BCUT2D eigenvalue weighted by molar-refractivity contribution is 0.461. The first kappa shape index (κ1) is 15.9. The van der Waals surface area contributed by atoms with Crippen molar-refractivity contribution in [1.29, 1.82) is 0 Å². The maximum atomic E-state index is 12.6. The zero-order chi connectivity index (χ0) is 15.5. The van der Waals surface area contributed by atoms with Gasteiger partial charge in [-0.15, -0.1) is 11.6 Å². The van der Waals surface area contributed by atoms with Crippen molar-refractivity contribution in [2.75, 3.05) is 7.05 Å². The molecule has 0 saturated heterocycles. The Morgan fingerprint density at radius 1 is 1.14 bits per heavy atom. The second-order valence-electron chi connectivity index (χ2n) is 4.77. The van der Waals surface area contributed by atoms with Gasteiger partial charge in [0, 0.05) is 18.6 Å². The zero-order valence-electron chi connectivity index (χ0n) is 12.0. The number of aryl methyl sites for hydroxylation is 1. The van der Waals surface area contributed by atoms with Crippen molar-refractivity contribution < 1.29 is 8.42 Å². The number of alkyl halides is 1. The number of aromatic nitrogens is 1. The average molecular weight is 325 g/mol. The Morgan fingerprint density at radius 2 is 1.86 bits per heavy atom. The van der Waals surface area contributed by atoms with Gasteiger partial charge in [0.05, 0.1) is 17.1 Å². The second-order valence-corrected chi connectivity index (χ2v) is 7.05. The van der Waals surface area contributed by atoms with Gasteiger partial charge in [-0.25, -0.2) is 8.42 Å². The van der Waals surface area contributed by atoms with E-state index in [1.165, 1.54) is 4.31 Å². The molecule has 0 radical (unpaired) electrons. The molecule has 2 rings (SSSR count). The molecule has 4 nitrogen and oxygen atoms in total. The Bertz CT molecular complexity index is 732. The van der Waals surface area contributed by atoms with Gasteiger partial charge in [0.15, 0.2) is 0 Å². The van der Waals surface area contributed by atoms with E-state index in [2.05, 4.69) is 4.98 Å². The van der Waals surface area contributed by atoms with Crippen molar-refractivity contribution in [3.8, 4) is 0 Å². The van der Waals surface area contributed by atoms with Crippen LogP contribution in [0.1, 0.15) is 17.0 Å². The summed E-state index contributed by atoms with van der Waals surface area (Å²) in [6, 6.07) is 12.3. The van der Waals surface area contributed by atoms with E-state index >= 15 is 0 Å². The Labute approximate surface area is 130 Å². The fourth-order valence-corrected chi connectivity index (χ4v) is 3.71. The molecule has 0 aliphatic rings. The van der Waals surface area contributed by atoms with Crippen LogP contribution in [0, 0.1) is 6.92 Å². The fourth-order valence-electron chi connectivity index (χ4n) is 2.03. The van der Waals surface area contributed by atoms with E-state index in [0.717, 1.165) is 5.69 Å². The van der Waals surface area contributed by atoms with Gasteiger partial charge in [0.1, 0.15) is 0 Å². The topological polar surface area (TPSA) is 50.3 Å². The van der Waals surface area contributed by atoms with Crippen molar-refractivity contribution in [1.82, 2.24) is 9.29 Å². The predicted octanol–water partition coefficient (Wildman–Crippen LogP) is 2.95. The van der Waals surface area contributed by atoms with Gasteiger partial charge in [-0.05, 0) is 30.7 Å². The predicted molar refractivity (Wildman–Crippen MR) is 83.6 cm³/mol. The van der Waals surface area contributed by atoms with E-state index in [4.69, 9.17) is 11.6 Å². The molecule has 1 aromatic heterocycles. The first-order chi connectivity index (χ1) is 9.95. The minimum absolute atomic E-state index is 0.159. The number of hydrogen-bond donors (Lipinski definition) is 0. The highest BCUT2D eigenvalue weighted by atomic mass is 35.5. The molecule has 0 atom stereocenters. The van der Waals surface area contributed by atoms with Crippen LogP contribution in [0.2, 0.25) is 0 Å². The summed E-state index contributed by atoms with van der Waals surface area (Å²) < 4.78 is 26.6. The van der Waals surface area contributed by atoms with Crippen LogP contribution >= 0.6 is 11.6 Å². The molecule has 0 aliphatic heterocycles. The number of nitrogens with zero attached hydrogens (tertiary/aromatic N) is 2. The summed E-state index contributed by atoms with van der Waals surface area (Å²) in [4.78, 5) is 4.58. The van der Waals surface area contributed by atoms with Crippen LogP contribution in [0.5, 0.6) is 0 Å². The van der Waals surface area contributed by atoms with Gasteiger partial charge in [-0.1, -0.05) is 24.3 Å². The number of rotatable bonds is 5. The van der Waals surface area contributed by atoms with E-state index in [1.807, 2.05) is 25.1 Å². The third-order valence-electron chi connectivity index (χ3n) is 3.14. The highest BCUT2D eigenvalue weighted by Crippen LogP contribution is 2.21. The van der Waals surface area contributed by atoms with Crippen molar-refractivity contribution in [3.05, 3.63) is 59.4 Å². The molecular weight excluding hydrogens is 308 g/mol. The molecule has 0 aliphatic carbocycles. The quantitative estimate of drug-likeness (QED) is 0.794. The second kappa shape index (κ2) is 6.56. The number of benzene rings is 1. The van der Waals surface area contributed by atoms with Gasteiger partial charge in [-0.3, -0.25) is 4.98 Å². The van der Waals surface area contributed by atoms with Crippen molar-refractivity contribution in [2.45, 2.75) is 24.2 Å². The minimum atomic E-state index is -3.58. The first-order valence-corrected chi connectivity index (χ1v) is 8.45. The largest absolute Gasteiger partial charge is 0.257 e. The average Bonchev–Trinajstić information content (AvgIpc) is 2.47. The molecule has 112 valence electrons. The lowest BCUT2D eigenvalue weighted by Crippen LogP contribution is -2.27. The summed E-state index contributed by atoms with van der Waals surface area (Å²) in [5.41, 5.74) is 2.17. The van der Waals surface area contributed by atoms with E-state index < -0.39 is 10.0 Å². The number of sulfonamides is 1. The van der Waals surface area contributed by atoms with E-state index in [9.17, 15) is 8.42 Å². The molecule has 1 heterocycles. The van der Waals surface area contributed by atoms with Crippen LogP contribution in [-0.2, 0) is 22.4 Å². The van der Waals surface area contributed by atoms with Crippen molar-refractivity contribution in [2.24, 2.45) is 0 Å². The number of pyridine rings is 1. The number of hydrogen-bond acceptors (Lipinski definition) is 3. The molecule has 0 amide bonds. The van der Waals surface area contributed by atoms with Gasteiger partial charge in [0.2, 0.25) is 10.0 Å². The molecule has 0 bridgehead atoms. The highest BCUT2D eigenvalue weighted by molar-refractivity contribution is 7.89.